The maximum absolute atomic E-state index is 12.1. The first kappa shape index (κ1) is 9.97. The van der Waals surface area contributed by atoms with Gasteiger partial charge in [0.2, 0.25) is 5.91 Å². The number of amides is 1. The molecule has 2 fully saturated rings. The molecular weight excluding hydrogens is 176 g/mol. The van der Waals surface area contributed by atoms with Crippen molar-refractivity contribution in [3.63, 3.8) is 0 Å². The third-order valence-electron chi connectivity index (χ3n) is 3.50. The van der Waals surface area contributed by atoms with Crippen molar-refractivity contribution in [3.05, 3.63) is 0 Å². The number of hydrogen-bond donors (Lipinski definition) is 1. The number of carbonyl (C=O) groups excluding carboxylic acids is 1. The second-order valence-electron chi connectivity index (χ2n) is 4.71. The predicted octanol–water partition coefficient (Wildman–Crippen LogP) is 0.853. The number of nitrogens with zero attached hydrogens (tertiary/aromatic N) is 1. The van der Waals surface area contributed by atoms with E-state index in [9.17, 15) is 4.79 Å². The molecule has 1 aliphatic heterocycles. The Hall–Kier alpha value is -0.570. The monoisotopic (exact) mass is 196 g/mol. The second-order valence-corrected chi connectivity index (χ2v) is 4.71. The molecule has 1 N–H and O–H groups in total. The molecule has 1 aliphatic carbocycles. The highest BCUT2D eigenvalue weighted by Crippen LogP contribution is 2.37. The lowest BCUT2D eigenvalue weighted by atomic mass is 10.0. The molecule has 0 bridgehead atoms. The van der Waals surface area contributed by atoms with Crippen LogP contribution < -0.4 is 5.32 Å². The molecule has 2 aliphatic rings. The lowest BCUT2D eigenvalue weighted by molar-refractivity contribution is -0.138. The molecule has 3 nitrogen and oxygen atoms in total. The number of carbonyl (C=O) groups is 1. The van der Waals surface area contributed by atoms with E-state index >= 15 is 0 Å². The molecule has 1 saturated heterocycles. The van der Waals surface area contributed by atoms with Crippen LogP contribution in [-0.2, 0) is 4.79 Å². The molecule has 0 aromatic heterocycles. The van der Waals surface area contributed by atoms with Crippen LogP contribution in [0.3, 0.4) is 0 Å². The van der Waals surface area contributed by atoms with Gasteiger partial charge in [0.25, 0.3) is 0 Å². The number of piperazine rings is 1. The van der Waals surface area contributed by atoms with Gasteiger partial charge in [0.1, 0.15) is 0 Å². The zero-order valence-corrected chi connectivity index (χ0v) is 9.12. The standard InChI is InChI=1S/C11H20N2O/c1-8-7-12-5-6-13(8)11(14)9(2)10-3-4-10/h8-10,12H,3-7H2,1-2H3. The minimum Gasteiger partial charge on any atom is -0.337 e. The molecule has 1 heterocycles. The smallest absolute Gasteiger partial charge is 0.226 e. The normalized spacial score (nSPS) is 30.1. The third-order valence-corrected chi connectivity index (χ3v) is 3.50. The molecule has 3 heteroatoms. The fraction of sp³-hybridized carbons (Fsp3) is 0.909. The maximum Gasteiger partial charge on any atom is 0.226 e. The minimum atomic E-state index is 0.260. The van der Waals surface area contributed by atoms with E-state index in [1.165, 1.54) is 12.8 Å². The van der Waals surface area contributed by atoms with Gasteiger partial charge in [-0.25, -0.2) is 0 Å². The third kappa shape index (κ3) is 1.92. The van der Waals surface area contributed by atoms with Gasteiger partial charge in [-0.05, 0) is 25.7 Å². The van der Waals surface area contributed by atoms with Gasteiger partial charge >= 0.3 is 0 Å². The van der Waals surface area contributed by atoms with Crippen LogP contribution in [0.15, 0.2) is 0 Å². The first-order chi connectivity index (χ1) is 6.70. The van der Waals surface area contributed by atoms with E-state index in [1.54, 1.807) is 0 Å². The highest BCUT2D eigenvalue weighted by Gasteiger charge is 2.36. The highest BCUT2D eigenvalue weighted by atomic mass is 16.2. The Bertz CT molecular complexity index is 225. The van der Waals surface area contributed by atoms with Crippen molar-refractivity contribution in [2.24, 2.45) is 11.8 Å². The summed E-state index contributed by atoms with van der Waals surface area (Å²) in [6.45, 7) is 7.01. The van der Waals surface area contributed by atoms with Crippen LogP contribution in [0.25, 0.3) is 0 Å². The van der Waals surface area contributed by atoms with E-state index in [1.807, 2.05) is 0 Å². The van der Waals surface area contributed by atoms with Crippen molar-refractivity contribution in [1.29, 1.82) is 0 Å². The van der Waals surface area contributed by atoms with Gasteiger partial charge in [-0.1, -0.05) is 6.92 Å². The molecule has 0 aromatic carbocycles. The summed E-state index contributed by atoms with van der Waals surface area (Å²) in [6.07, 6.45) is 2.51. The summed E-state index contributed by atoms with van der Waals surface area (Å²) in [4.78, 5) is 14.1. The number of hydrogen-bond acceptors (Lipinski definition) is 2. The fourth-order valence-electron chi connectivity index (χ4n) is 2.23. The van der Waals surface area contributed by atoms with Gasteiger partial charge in [-0.2, -0.15) is 0 Å². The summed E-state index contributed by atoms with van der Waals surface area (Å²) in [5.74, 6) is 1.32. The zero-order valence-electron chi connectivity index (χ0n) is 9.12. The lowest BCUT2D eigenvalue weighted by Gasteiger charge is -2.35. The van der Waals surface area contributed by atoms with Gasteiger partial charge in [0.05, 0.1) is 0 Å². The molecule has 2 rings (SSSR count). The van der Waals surface area contributed by atoms with Gasteiger partial charge < -0.3 is 10.2 Å². The Labute approximate surface area is 85.8 Å². The van der Waals surface area contributed by atoms with Gasteiger partial charge in [-0.15, -0.1) is 0 Å². The van der Waals surface area contributed by atoms with E-state index in [4.69, 9.17) is 0 Å². The van der Waals surface area contributed by atoms with Crippen molar-refractivity contribution < 1.29 is 4.79 Å². The average Bonchev–Trinajstić information content (AvgIpc) is 3.00. The topological polar surface area (TPSA) is 32.3 Å². The summed E-state index contributed by atoms with van der Waals surface area (Å²) in [5, 5.41) is 3.31. The number of nitrogens with one attached hydrogen (secondary N) is 1. The average molecular weight is 196 g/mol. The van der Waals surface area contributed by atoms with Crippen molar-refractivity contribution in [1.82, 2.24) is 10.2 Å². The van der Waals surface area contributed by atoms with Crippen LogP contribution in [0.2, 0.25) is 0 Å². The Kier molecular flexibility index (Phi) is 2.77. The Morgan fingerprint density at radius 2 is 2.21 bits per heavy atom. The molecular formula is C11H20N2O. The maximum atomic E-state index is 12.1. The zero-order chi connectivity index (χ0) is 10.1. The van der Waals surface area contributed by atoms with E-state index in [-0.39, 0.29) is 5.92 Å². The summed E-state index contributed by atoms with van der Waals surface area (Å²) in [6, 6.07) is 0.373. The van der Waals surface area contributed by atoms with Gasteiger partial charge in [0, 0.05) is 31.6 Å². The van der Waals surface area contributed by atoms with Crippen LogP contribution in [0.5, 0.6) is 0 Å². The minimum absolute atomic E-state index is 0.260. The quantitative estimate of drug-likeness (QED) is 0.710. The van der Waals surface area contributed by atoms with Gasteiger partial charge in [-0.3, -0.25) is 4.79 Å². The van der Waals surface area contributed by atoms with Crippen LogP contribution in [0.1, 0.15) is 26.7 Å². The molecule has 2 atom stereocenters. The summed E-state index contributed by atoms with van der Waals surface area (Å²) < 4.78 is 0. The molecule has 1 saturated carbocycles. The summed E-state index contributed by atoms with van der Waals surface area (Å²) in [7, 11) is 0. The van der Waals surface area contributed by atoms with Crippen molar-refractivity contribution >= 4 is 5.91 Å². The number of rotatable bonds is 2. The van der Waals surface area contributed by atoms with Crippen LogP contribution in [0.4, 0.5) is 0 Å². The first-order valence-corrected chi connectivity index (χ1v) is 5.71. The van der Waals surface area contributed by atoms with Crippen LogP contribution >= 0.6 is 0 Å². The largest absolute Gasteiger partial charge is 0.337 e. The lowest BCUT2D eigenvalue weighted by Crippen LogP contribution is -2.53. The van der Waals surface area contributed by atoms with Crippen LogP contribution in [-0.4, -0.2) is 36.5 Å². The highest BCUT2D eigenvalue weighted by molar-refractivity contribution is 5.79. The first-order valence-electron chi connectivity index (χ1n) is 5.71. The summed E-state index contributed by atoms with van der Waals surface area (Å²) in [5.41, 5.74) is 0. The Balaban J connectivity index is 1.94. The van der Waals surface area contributed by atoms with Crippen LogP contribution in [0, 0.1) is 11.8 Å². The van der Waals surface area contributed by atoms with E-state index in [0.717, 1.165) is 19.6 Å². The summed E-state index contributed by atoms with van der Waals surface area (Å²) >= 11 is 0. The van der Waals surface area contributed by atoms with Crippen molar-refractivity contribution in [3.8, 4) is 0 Å². The molecule has 1 amide bonds. The van der Waals surface area contributed by atoms with Gasteiger partial charge in [0.15, 0.2) is 0 Å². The van der Waals surface area contributed by atoms with Crippen molar-refractivity contribution in [2.45, 2.75) is 32.7 Å². The predicted molar refractivity (Wildman–Crippen MR) is 55.9 cm³/mol. The molecule has 0 aromatic rings. The van der Waals surface area contributed by atoms with Crippen molar-refractivity contribution in [2.75, 3.05) is 19.6 Å². The molecule has 14 heavy (non-hydrogen) atoms. The van der Waals surface area contributed by atoms with E-state index in [0.29, 0.717) is 17.9 Å². The van der Waals surface area contributed by atoms with E-state index in [2.05, 4.69) is 24.1 Å². The molecule has 2 unspecified atom stereocenters. The Morgan fingerprint density at radius 1 is 1.50 bits per heavy atom. The SMILES string of the molecule is CC(C(=O)N1CCNCC1C)C1CC1. The molecule has 80 valence electrons. The molecule has 0 radical (unpaired) electrons. The molecule has 0 spiro atoms. The Morgan fingerprint density at radius 3 is 2.79 bits per heavy atom. The van der Waals surface area contributed by atoms with E-state index < -0.39 is 0 Å². The fourth-order valence-corrected chi connectivity index (χ4v) is 2.23. The second kappa shape index (κ2) is 3.89.